The van der Waals surface area contributed by atoms with Crippen molar-refractivity contribution in [2.45, 2.75) is 45.0 Å². The summed E-state index contributed by atoms with van der Waals surface area (Å²) >= 11 is 0. The molecule has 0 radical (unpaired) electrons. The quantitative estimate of drug-likeness (QED) is 0.643. The number of rotatable bonds is 1. The Hall–Kier alpha value is -1.43. The van der Waals surface area contributed by atoms with Gasteiger partial charge in [-0.1, -0.05) is 0 Å². The minimum atomic E-state index is -0.853. The summed E-state index contributed by atoms with van der Waals surface area (Å²) in [6, 6.07) is 0. The Labute approximate surface area is 104 Å². The van der Waals surface area contributed by atoms with Gasteiger partial charge in [0.1, 0.15) is 0 Å². The highest BCUT2D eigenvalue weighted by Gasteiger charge is 2.64. The molecule has 6 heteroatoms. The van der Waals surface area contributed by atoms with Gasteiger partial charge in [-0.25, -0.2) is 4.79 Å². The third kappa shape index (κ3) is 1.41. The zero-order valence-electron chi connectivity index (χ0n) is 10.3. The van der Waals surface area contributed by atoms with Crippen molar-refractivity contribution in [1.82, 2.24) is 4.90 Å². The molecule has 0 saturated carbocycles. The Morgan fingerprint density at radius 1 is 1.22 bits per heavy atom. The van der Waals surface area contributed by atoms with E-state index in [1.807, 2.05) is 0 Å². The molecule has 98 valence electrons. The molecule has 4 atom stereocenters. The second kappa shape index (κ2) is 3.78. The van der Waals surface area contributed by atoms with Gasteiger partial charge in [-0.2, -0.15) is 4.90 Å². The van der Waals surface area contributed by atoms with Gasteiger partial charge < -0.3 is 9.47 Å². The largest absolute Gasteiger partial charge is 0.446 e. The molecule has 2 bridgehead atoms. The van der Waals surface area contributed by atoms with Crippen LogP contribution >= 0.6 is 0 Å². The van der Waals surface area contributed by atoms with Crippen LogP contribution in [-0.4, -0.2) is 41.1 Å². The Bertz CT molecular complexity index is 404. The molecule has 0 aliphatic carbocycles. The Kier molecular flexibility index (Phi) is 2.45. The number of likely N-dealkylation sites (tertiary alicyclic amines) is 1. The number of carbonyl (C=O) groups is 3. The molecule has 3 rings (SSSR count). The minimum Gasteiger partial charge on any atom is -0.446 e. The standard InChI is InChI=1S/C12H15NO5/c1-5(2)17-12(16)13-10(14)8-6-3-4-7(18-6)9(8)11(13)15/h5-9H,3-4H2,1-2H3/t6-,7+,8-,9-/m0/s1. The molecule has 0 unspecified atom stereocenters. The van der Waals surface area contributed by atoms with E-state index in [9.17, 15) is 14.4 Å². The van der Waals surface area contributed by atoms with Crippen LogP contribution in [0.2, 0.25) is 0 Å². The van der Waals surface area contributed by atoms with Gasteiger partial charge in [-0.3, -0.25) is 9.59 Å². The van der Waals surface area contributed by atoms with Gasteiger partial charge >= 0.3 is 6.09 Å². The smallest absolute Gasteiger partial charge is 0.423 e. The van der Waals surface area contributed by atoms with Crippen LogP contribution in [0.1, 0.15) is 26.7 Å². The van der Waals surface area contributed by atoms with Crippen LogP contribution in [0.25, 0.3) is 0 Å². The zero-order chi connectivity index (χ0) is 13.0. The van der Waals surface area contributed by atoms with Crippen LogP contribution in [0.4, 0.5) is 4.79 Å². The van der Waals surface area contributed by atoms with Crippen molar-refractivity contribution in [3.05, 3.63) is 0 Å². The number of fused-ring (bicyclic) bond motifs is 5. The highest BCUT2D eigenvalue weighted by molar-refractivity contribution is 6.16. The van der Waals surface area contributed by atoms with E-state index in [0.29, 0.717) is 4.90 Å². The molecular formula is C12H15NO5. The van der Waals surface area contributed by atoms with Crippen LogP contribution in [0.15, 0.2) is 0 Å². The molecule has 3 saturated heterocycles. The molecule has 0 aromatic rings. The Morgan fingerprint density at radius 3 is 2.17 bits per heavy atom. The summed E-state index contributed by atoms with van der Waals surface area (Å²) in [5, 5.41) is 0. The molecule has 3 amide bonds. The lowest BCUT2D eigenvalue weighted by molar-refractivity contribution is -0.140. The van der Waals surface area contributed by atoms with E-state index < -0.39 is 29.7 Å². The number of imide groups is 3. The van der Waals surface area contributed by atoms with Crippen LogP contribution in [0.5, 0.6) is 0 Å². The molecular weight excluding hydrogens is 238 g/mol. The molecule has 6 nitrogen and oxygen atoms in total. The first-order valence-electron chi connectivity index (χ1n) is 6.24. The average Bonchev–Trinajstić information content (AvgIpc) is 2.91. The molecule has 0 spiro atoms. The fourth-order valence-electron chi connectivity index (χ4n) is 3.15. The van der Waals surface area contributed by atoms with Crippen molar-refractivity contribution in [3.63, 3.8) is 0 Å². The fourth-order valence-corrected chi connectivity index (χ4v) is 3.15. The number of hydrogen-bond acceptors (Lipinski definition) is 5. The topological polar surface area (TPSA) is 72.9 Å². The summed E-state index contributed by atoms with van der Waals surface area (Å²) in [5.41, 5.74) is 0. The highest BCUT2D eigenvalue weighted by Crippen LogP contribution is 2.48. The number of carbonyl (C=O) groups excluding carboxylic acids is 3. The molecule has 3 heterocycles. The van der Waals surface area contributed by atoms with Gasteiger partial charge in [-0.05, 0) is 26.7 Å². The predicted octanol–water partition coefficient (Wildman–Crippen LogP) is 0.694. The predicted molar refractivity (Wildman–Crippen MR) is 58.3 cm³/mol. The van der Waals surface area contributed by atoms with E-state index >= 15 is 0 Å². The normalized spacial score (nSPS) is 37.6. The fraction of sp³-hybridized carbons (Fsp3) is 0.750. The van der Waals surface area contributed by atoms with Gasteiger partial charge in [0, 0.05) is 0 Å². The third-order valence-corrected chi connectivity index (χ3v) is 3.80. The molecule has 0 aromatic carbocycles. The van der Waals surface area contributed by atoms with E-state index in [1.165, 1.54) is 0 Å². The Balaban J connectivity index is 1.84. The van der Waals surface area contributed by atoms with Crippen molar-refractivity contribution in [2.75, 3.05) is 0 Å². The summed E-state index contributed by atoms with van der Waals surface area (Å²) < 4.78 is 10.5. The van der Waals surface area contributed by atoms with Gasteiger partial charge in [0.2, 0.25) is 11.8 Å². The van der Waals surface area contributed by atoms with Crippen LogP contribution in [-0.2, 0) is 19.1 Å². The average molecular weight is 253 g/mol. The lowest BCUT2D eigenvalue weighted by Crippen LogP contribution is -2.40. The number of hydrogen-bond donors (Lipinski definition) is 0. The van der Waals surface area contributed by atoms with Gasteiger partial charge in [0.15, 0.2) is 0 Å². The van der Waals surface area contributed by atoms with Crippen molar-refractivity contribution in [1.29, 1.82) is 0 Å². The van der Waals surface area contributed by atoms with E-state index in [0.717, 1.165) is 12.8 Å². The molecule has 18 heavy (non-hydrogen) atoms. The summed E-state index contributed by atoms with van der Waals surface area (Å²) in [6.45, 7) is 3.35. The highest BCUT2D eigenvalue weighted by atomic mass is 16.6. The van der Waals surface area contributed by atoms with Gasteiger partial charge in [-0.15, -0.1) is 0 Å². The zero-order valence-corrected chi connectivity index (χ0v) is 10.3. The maximum absolute atomic E-state index is 12.1. The van der Waals surface area contributed by atoms with Crippen LogP contribution in [0, 0.1) is 11.8 Å². The number of amides is 3. The second-order valence-electron chi connectivity index (χ2n) is 5.29. The molecule has 3 fully saturated rings. The van der Waals surface area contributed by atoms with E-state index in [1.54, 1.807) is 13.8 Å². The van der Waals surface area contributed by atoms with Crippen LogP contribution in [0.3, 0.4) is 0 Å². The van der Waals surface area contributed by atoms with Crippen molar-refractivity contribution < 1.29 is 23.9 Å². The first kappa shape index (κ1) is 11.6. The molecule has 0 N–H and O–H groups in total. The van der Waals surface area contributed by atoms with Gasteiger partial charge in [0.05, 0.1) is 30.1 Å². The molecule has 0 aromatic heterocycles. The monoisotopic (exact) mass is 253 g/mol. The molecule has 3 aliphatic rings. The Morgan fingerprint density at radius 2 is 1.72 bits per heavy atom. The first-order chi connectivity index (χ1) is 8.50. The number of nitrogens with zero attached hydrogens (tertiary/aromatic N) is 1. The summed E-state index contributed by atoms with van der Waals surface area (Å²) in [5.74, 6) is -1.86. The van der Waals surface area contributed by atoms with Crippen LogP contribution < -0.4 is 0 Å². The summed E-state index contributed by atoms with van der Waals surface area (Å²) in [7, 11) is 0. The molecule has 3 aliphatic heterocycles. The van der Waals surface area contributed by atoms with Crippen molar-refractivity contribution in [2.24, 2.45) is 11.8 Å². The third-order valence-electron chi connectivity index (χ3n) is 3.80. The summed E-state index contributed by atoms with van der Waals surface area (Å²) in [4.78, 5) is 36.7. The SMILES string of the molecule is CC(C)OC(=O)N1C(=O)[C@@H]2[C@@H](C1=O)[C@H]1CC[C@@H]2O1. The van der Waals surface area contributed by atoms with Gasteiger partial charge in [0.25, 0.3) is 0 Å². The maximum Gasteiger partial charge on any atom is 0.423 e. The lowest BCUT2D eigenvalue weighted by atomic mass is 9.81. The van der Waals surface area contributed by atoms with Crippen molar-refractivity contribution in [3.8, 4) is 0 Å². The van der Waals surface area contributed by atoms with E-state index in [2.05, 4.69) is 0 Å². The minimum absolute atomic E-state index is 0.201. The second-order valence-corrected chi connectivity index (χ2v) is 5.29. The lowest BCUT2D eigenvalue weighted by Gasteiger charge is -2.16. The maximum atomic E-state index is 12.1. The number of ether oxygens (including phenoxy) is 2. The van der Waals surface area contributed by atoms with E-state index in [4.69, 9.17) is 9.47 Å². The summed E-state index contributed by atoms with van der Waals surface area (Å²) in [6.07, 6.45) is -0.0301. The first-order valence-corrected chi connectivity index (χ1v) is 6.24. The van der Waals surface area contributed by atoms with E-state index in [-0.39, 0.29) is 18.3 Å². The van der Waals surface area contributed by atoms with Crippen molar-refractivity contribution >= 4 is 17.9 Å².